The molecule has 0 aromatic heterocycles. The number of fused-ring (bicyclic) bond motifs is 1. The quantitative estimate of drug-likeness (QED) is 0.710. The van der Waals surface area contributed by atoms with Crippen LogP contribution in [0.3, 0.4) is 0 Å². The number of allylic oxidation sites excluding steroid dienone is 1. The van der Waals surface area contributed by atoms with E-state index in [9.17, 15) is 0 Å². The fraction of sp³-hybridized carbons (Fsp3) is 0.875. The molecule has 0 bridgehead atoms. The van der Waals surface area contributed by atoms with Gasteiger partial charge in [-0.15, -0.1) is 0 Å². The van der Waals surface area contributed by atoms with Crippen LogP contribution in [0, 0.1) is 22.7 Å². The summed E-state index contributed by atoms with van der Waals surface area (Å²) in [5, 5.41) is 9.03. The van der Waals surface area contributed by atoms with Gasteiger partial charge in [0.1, 0.15) is 0 Å². The summed E-state index contributed by atoms with van der Waals surface area (Å²) < 4.78 is 0. The van der Waals surface area contributed by atoms with Crippen LogP contribution in [0.25, 0.3) is 0 Å². The maximum atomic E-state index is 9.03. The Morgan fingerprint density at radius 2 is 2.12 bits per heavy atom. The zero-order valence-electron chi connectivity index (χ0n) is 11.9. The molecule has 1 nitrogen and oxygen atoms in total. The van der Waals surface area contributed by atoms with Crippen LogP contribution in [0.15, 0.2) is 11.6 Å². The van der Waals surface area contributed by atoms with Gasteiger partial charge >= 0.3 is 0 Å². The van der Waals surface area contributed by atoms with Crippen LogP contribution >= 0.6 is 0 Å². The summed E-state index contributed by atoms with van der Waals surface area (Å²) >= 11 is 0. The lowest BCUT2D eigenvalue weighted by Gasteiger charge is -2.39. The Labute approximate surface area is 106 Å². The van der Waals surface area contributed by atoms with Crippen LogP contribution in [-0.2, 0) is 0 Å². The van der Waals surface area contributed by atoms with Gasteiger partial charge in [0.05, 0.1) is 6.61 Å². The summed E-state index contributed by atoms with van der Waals surface area (Å²) in [6.45, 7) is 9.63. The molecule has 4 unspecified atom stereocenters. The van der Waals surface area contributed by atoms with Gasteiger partial charge in [-0.1, -0.05) is 38.8 Å². The number of hydrogen-bond acceptors (Lipinski definition) is 1. The maximum Gasteiger partial charge on any atom is 0.0639 e. The third-order valence-electron chi connectivity index (χ3n) is 6.08. The molecule has 0 aromatic rings. The van der Waals surface area contributed by atoms with Crippen molar-refractivity contribution in [2.75, 3.05) is 6.61 Å². The lowest BCUT2D eigenvalue weighted by atomic mass is 9.66. The van der Waals surface area contributed by atoms with Crippen molar-refractivity contribution < 1.29 is 5.11 Å². The Kier molecular flexibility index (Phi) is 3.42. The predicted molar refractivity (Wildman–Crippen MR) is 72.8 cm³/mol. The molecular formula is C16H28O. The number of hydrogen-bond donors (Lipinski definition) is 1. The van der Waals surface area contributed by atoms with Gasteiger partial charge in [0.15, 0.2) is 0 Å². The summed E-state index contributed by atoms with van der Waals surface area (Å²) in [4.78, 5) is 0. The average Bonchev–Trinajstić information content (AvgIpc) is 2.92. The number of rotatable bonds is 5. The first-order valence-corrected chi connectivity index (χ1v) is 7.24. The Bertz CT molecular complexity index is 319. The first-order chi connectivity index (χ1) is 7.98. The van der Waals surface area contributed by atoms with Crippen molar-refractivity contribution in [1.29, 1.82) is 0 Å². The second-order valence-corrected chi connectivity index (χ2v) is 6.82. The van der Waals surface area contributed by atoms with E-state index in [0.29, 0.717) is 10.8 Å². The van der Waals surface area contributed by atoms with Crippen molar-refractivity contribution in [3.8, 4) is 0 Å². The first-order valence-electron chi connectivity index (χ1n) is 7.24. The SMILES string of the molecule is CCC1CC2CC2(C)C1(C)CCC=C(C)CO. The van der Waals surface area contributed by atoms with Crippen molar-refractivity contribution in [3.05, 3.63) is 11.6 Å². The van der Waals surface area contributed by atoms with Gasteiger partial charge in [0.25, 0.3) is 0 Å². The molecule has 2 aliphatic carbocycles. The highest BCUT2D eigenvalue weighted by Crippen LogP contribution is 2.75. The van der Waals surface area contributed by atoms with Crippen LogP contribution < -0.4 is 0 Å². The smallest absolute Gasteiger partial charge is 0.0639 e. The molecule has 2 rings (SSSR count). The molecule has 1 N–H and O–H groups in total. The molecule has 17 heavy (non-hydrogen) atoms. The molecule has 2 fully saturated rings. The van der Waals surface area contributed by atoms with Crippen LogP contribution in [0.2, 0.25) is 0 Å². The number of aliphatic hydroxyl groups is 1. The molecule has 98 valence electrons. The Morgan fingerprint density at radius 3 is 2.71 bits per heavy atom. The topological polar surface area (TPSA) is 20.2 Å². The normalized spacial score (nSPS) is 44.9. The fourth-order valence-electron chi connectivity index (χ4n) is 4.36. The van der Waals surface area contributed by atoms with Crippen molar-refractivity contribution in [1.82, 2.24) is 0 Å². The van der Waals surface area contributed by atoms with E-state index in [1.165, 1.54) is 25.7 Å². The van der Waals surface area contributed by atoms with E-state index in [1.807, 2.05) is 6.92 Å². The molecular weight excluding hydrogens is 208 g/mol. The highest BCUT2D eigenvalue weighted by atomic mass is 16.3. The lowest BCUT2D eigenvalue weighted by Crippen LogP contribution is -2.31. The van der Waals surface area contributed by atoms with Crippen LogP contribution in [-0.4, -0.2) is 11.7 Å². The second-order valence-electron chi connectivity index (χ2n) is 6.82. The molecule has 4 atom stereocenters. The third kappa shape index (κ3) is 1.97. The molecule has 0 saturated heterocycles. The van der Waals surface area contributed by atoms with Crippen LogP contribution in [0.1, 0.15) is 59.8 Å². The second kappa shape index (κ2) is 4.42. The van der Waals surface area contributed by atoms with Gasteiger partial charge in [-0.25, -0.2) is 0 Å². The Hall–Kier alpha value is -0.300. The summed E-state index contributed by atoms with van der Waals surface area (Å²) in [7, 11) is 0. The van der Waals surface area contributed by atoms with Gasteiger partial charge in [0, 0.05) is 0 Å². The van der Waals surface area contributed by atoms with Gasteiger partial charge in [-0.3, -0.25) is 0 Å². The largest absolute Gasteiger partial charge is 0.392 e. The number of aliphatic hydroxyl groups excluding tert-OH is 1. The predicted octanol–water partition coefficient (Wildman–Crippen LogP) is 4.17. The van der Waals surface area contributed by atoms with Gasteiger partial charge in [0.2, 0.25) is 0 Å². The molecule has 0 amide bonds. The Balaban J connectivity index is 2.01. The van der Waals surface area contributed by atoms with E-state index in [0.717, 1.165) is 23.8 Å². The Morgan fingerprint density at radius 1 is 1.41 bits per heavy atom. The van der Waals surface area contributed by atoms with Crippen LogP contribution in [0.5, 0.6) is 0 Å². The first kappa shape index (κ1) is 13.1. The summed E-state index contributed by atoms with van der Waals surface area (Å²) in [5.74, 6) is 1.94. The summed E-state index contributed by atoms with van der Waals surface area (Å²) in [6.07, 6.45) is 8.94. The molecule has 0 radical (unpaired) electrons. The van der Waals surface area contributed by atoms with E-state index in [-0.39, 0.29) is 6.61 Å². The summed E-state index contributed by atoms with van der Waals surface area (Å²) in [6, 6.07) is 0. The van der Waals surface area contributed by atoms with Gasteiger partial charge in [-0.05, 0) is 55.3 Å². The molecule has 2 saturated carbocycles. The van der Waals surface area contributed by atoms with E-state index in [2.05, 4.69) is 26.8 Å². The standard InChI is InChI=1S/C16H28O/c1-5-13-9-14-10-16(14,4)15(13,3)8-6-7-12(2)11-17/h7,13-14,17H,5-6,8-11H2,1-4H3. The summed E-state index contributed by atoms with van der Waals surface area (Å²) in [5.41, 5.74) is 2.30. The minimum Gasteiger partial charge on any atom is -0.392 e. The molecule has 0 spiro atoms. The minimum absolute atomic E-state index is 0.216. The maximum absolute atomic E-state index is 9.03. The van der Waals surface area contributed by atoms with E-state index in [4.69, 9.17) is 5.11 Å². The monoisotopic (exact) mass is 236 g/mol. The zero-order chi connectivity index (χ0) is 12.7. The van der Waals surface area contributed by atoms with Crippen molar-refractivity contribution in [3.63, 3.8) is 0 Å². The molecule has 1 heteroatoms. The van der Waals surface area contributed by atoms with Gasteiger partial charge < -0.3 is 5.11 Å². The highest BCUT2D eigenvalue weighted by molar-refractivity contribution is 5.17. The molecule has 0 aromatic carbocycles. The van der Waals surface area contributed by atoms with E-state index < -0.39 is 0 Å². The van der Waals surface area contributed by atoms with Crippen molar-refractivity contribution in [2.45, 2.75) is 59.8 Å². The molecule has 2 aliphatic rings. The molecule has 0 aliphatic heterocycles. The highest BCUT2D eigenvalue weighted by Gasteiger charge is 2.67. The third-order valence-corrected chi connectivity index (χ3v) is 6.08. The minimum atomic E-state index is 0.216. The lowest BCUT2D eigenvalue weighted by molar-refractivity contribution is 0.107. The molecule has 0 heterocycles. The average molecular weight is 236 g/mol. The van der Waals surface area contributed by atoms with E-state index >= 15 is 0 Å². The van der Waals surface area contributed by atoms with E-state index in [1.54, 1.807) is 0 Å². The van der Waals surface area contributed by atoms with Gasteiger partial charge in [-0.2, -0.15) is 0 Å². The zero-order valence-corrected chi connectivity index (χ0v) is 11.9. The fourth-order valence-corrected chi connectivity index (χ4v) is 4.36. The van der Waals surface area contributed by atoms with Crippen molar-refractivity contribution in [2.24, 2.45) is 22.7 Å². The van der Waals surface area contributed by atoms with Crippen molar-refractivity contribution >= 4 is 0 Å². The van der Waals surface area contributed by atoms with Crippen LogP contribution in [0.4, 0.5) is 0 Å².